The molecule has 0 saturated heterocycles. The second kappa shape index (κ2) is 9.62. The first-order chi connectivity index (χ1) is 25.1. The van der Waals surface area contributed by atoms with Crippen LogP contribution in [0.3, 0.4) is 0 Å². The van der Waals surface area contributed by atoms with E-state index in [-0.39, 0.29) is 0 Å². The van der Waals surface area contributed by atoms with Gasteiger partial charge in [0.2, 0.25) is 0 Å². The van der Waals surface area contributed by atoms with Crippen molar-refractivity contribution >= 4 is 32.7 Å². The van der Waals surface area contributed by atoms with Crippen molar-refractivity contribution in [3.63, 3.8) is 0 Å². The van der Waals surface area contributed by atoms with Crippen LogP contribution in [0.1, 0.15) is 40.7 Å². The highest BCUT2D eigenvalue weighted by Gasteiger charge is 2.43. The summed E-state index contributed by atoms with van der Waals surface area (Å²) in [7, 11) is 0. The smallest absolute Gasteiger partial charge is 0.0208 e. The maximum atomic E-state index is 2.50. The van der Waals surface area contributed by atoms with Crippen LogP contribution in [0.15, 0.2) is 151 Å². The molecule has 7 aromatic carbocycles. The standard InChI is InChI=1S/C51H34/c1-27-19-20-40-34-12-5-6-13-35(34)47-41(23-21-31(27)46(40)47)44-26-29(3)32-22-24-42(48-38-15-8-9-16-39(38)50(44)51(32)48)43-25-28(2)30-17-10-18-37-33-11-4-7-14-36(33)49(43)45(30)37/h4-26,37,45H,1-3H3. The van der Waals surface area contributed by atoms with Crippen molar-refractivity contribution < 1.29 is 0 Å². The summed E-state index contributed by atoms with van der Waals surface area (Å²) in [4.78, 5) is 0. The van der Waals surface area contributed by atoms with E-state index in [1.807, 2.05) is 0 Å². The third-order valence-electron chi connectivity index (χ3n) is 12.8. The molecule has 0 saturated carbocycles. The van der Waals surface area contributed by atoms with E-state index in [0.29, 0.717) is 11.8 Å². The van der Waals surface area contributed by atoms with E-state index < -0.39 is 0 Å². The molecule has 0 nitrogen and oxygen atoms in total. The highest BCUT2D eigenvalue weighted by Crippen LogP contribution is 2.61. The average Bonchev–Trinajstić information content (AvgIpc) is 3.81. The first-order valence-electron chi connectivity index (χ1n) is 18.4. The molecule has 0 aliphatic heterocycles. The summed E-state index contributed by atoms with van der Waals surface area (Å²) in [6, 6.07) is 44.1. The van der Waals surface area contributed by atoms with Gasteiger partial charge in [-0.25, -0.2) is 0 Å². The van der Waals surface area contributed by atoms with E-state index >= 15 is 0 Å². The molecule has 0 fully saturated rings. The third-order valence-corrected chi connectivity index (χ3v) is 12.8. The van der Waals surface area contributed by atoms with Crippen molar-refractivity contribution in [2.45, 2.75) is 26.7 Å². The predicted molar refractivity (Wildman–Crippen MR) is 216 cm³/mol. The number of aryl methyl sites for hydroxylation is 2. The van der Waals surface area contributed by atoms with Crippen LogP contribution in [0, 0.1) is 19.8 Å². The van der Waals surface area contributed by atoms with Crippen molar-refractivity contribution in [2.24, 2.45) is 5.92 Å². The number of rotatable bonds is 2. The van der Waals surface area contributed by atoms with E-state index in [2.05, 4.69) is 160 Å². The average molecular weight is 647 g/mol. The molecule has 0 amide bonds. The van der Waals surface area contributed by atoms with Gasteiger partial charge in [0.1, 0.15) is 0 Å². The maximum Gasteiger partial charge on any atom is 0.0208 e. The van der Waals surface area contributed by atoms with E-state index in [9.17, 15) is 0 Å². The molecule has 51 heavy (non-hydrogen) atoms. The molecular weight excluding hydrogens is 613 g/mol. The summed E-state index contributed by atoms with van der Waals surface area (Å²) in [5.41, 5.74) is 26.2. The topological polar surface area (TPSA) is 0 Å². The predicted octanol–water partition coefficient (Wildman–Crippen LogP) is 13.7. The van der Waals surface area contributed by atoms with E-state index in [1.54, 1.807) is 0 Å². The van der Waals surface area contributed by atoms with Crippen LogP contribution in [0.5, 0.6) is 0 Å². The molecule has 238 valence electrons. The first-order valence-corrected chi connectivity index (χ1v) is 18.4. The molecule has 5 aliphatic rings. The van der Waals surface area contributed by atoms with Gasteiger partial charge in [-0.1, -0.05) is 140 Å². The Balaban J connectivity index is 1.21. The summed E-state index contributed by atoms with van der Waals surface area (Å²) < 4.78 is 0. The summed E-state index contributed by atoms with van der Waals surface area (Å²) in [6.07, 6.45) is 9.56. The van der Waals surface area contributed by atoms with Crippen LogP contribution < -0.4 is 0 Å². The Morgan fingerprint density at radius 1 is 0.471 bits per heavy atom. The summed E-state index contributed by atoms with van der Waals surface area (Å²) in [5.74, 6) is 0.747. The van der Waals surface area contributed by atoms with Gasteiger partial charge in [-0.05, 0) is 148 Å². The number of hydrogen-bond donors (Lipinski definition) is 0. The van der Waals surface area contributed by atoms with Gasteiger partial charge in [-0.3, -0.25) is 0 Å². The Hall–Kier alpha value is -5.98. The zero-order valence-electron chi connectivity index (χ0n) is 28.9. The minimum absolute atomic E-state index is 0.360. The molecule has 0 heteroatoms. The fourth-order valence-electron chi connectivity index (χ4n) is 10.7. The van der Waals surface area contributed by atoms with Crippen LogP contribution in [-0.2, 0) is 0 Å². The van der Waals surface area contributed by atoms with Crippen LogP contribution in [0.2, 0.25) is 0 Å². The van der Waals surface area contributed by atoms with Gasteiger partial charge in [-0.15, -0.1) is 0 Å². The van der Waals surface area contributed by atoms with Gasteiger partial charge >= 0.3 is 0 Å². The molecule has 12 rings (SSSR count). The lowest BCUT2D eigenvalue weighted by molar-refractivity contribution is 0.713. The Bertz CT molecular complexity index is 2930. The van der Waals surface area contributed by atoms with Crippen molar-refractivity contribution in [3.8, 4) is 55.6 Å². The normalized spacial score (nSPS) is 18.2. The second-order valence-electron chi connectivity index (χ2n) is 15.2. The van der Waals surface area contributed by atoms with Gasteiger partial charge in [0.05, 0.1) is 0 Å². The first kappa shape index (κ1) is 27.8. The van der Waals surface area contributed by atoms with E-state index in [0.717, 1.165) is 0 Å². The molecule has 0 spiro atoms. The Morgan fingerprint density at radius 3 is 1.86 bits per heavy atom. The highest BCUT2D eigenvalue weighted by molar-refractivity contribution is 6.26. The molecule has 0 radical (unpaired) electrons. The lowest BCUT2D eigenvalue weighted by Crippen LogP contribution is -2.16. The van der Waals surface area contributed by atoms with E-state index in [4.69, 9.17) is 0 Å². The zero-order valence-corrected chi connectivity index (χ0v) is 28.9. The van der Waals surface area contributed by atoms with Gasteiger partial charge in [0.15, 0.2) is 0 Å². The van der Waals surface area contributed by atoms with Crippen molar-refractivity contribution in [3.05, 3.63) is 179 Å². The molecular formula is C51H34. The minimum atomic E-state index is 0.360. The SMILES string of the molecule is CC1=CC(c2ccc3c(C)cc(-c4ccc5c(C)ccc6c5c4-c4ccccc4-6)c4c3c2-c2ccccc2-4)=C2c3ccccc3C3C=CC=C1C23. The molecule has 2 unspecified atom stereocenters. The monoisotopic (exact) mass is 646 g/mol. The van der Waals surface area contributed by atoms with Crippen LogP contribution >= 0.6 is 0 Å². The van der Waals surface area contributed by atoms with Crippen molar-refractivity contribution in [2.75, 3.05) is 0 Å². The molecule has 0 bridgehead atoms. The number of allylic oxidation sites excluding steroid dienone is 8. The zero-order chi connectivity index (χ0) is 33.7. The summed E-state index contributed by atoms with van der Waals surface area (Å²) in [5, 5.41) is 5.51. The highest BCUT2D eigenvalue weighted by atomic mass is 14.5. The lowest BCUT2D eigenvalue weighted by Gasteiger charge is -2.31. The van der Waals surface area contributed by atoms with E-state index in [1.165, 1.54) is 127 Å². The Labute approximate surface area is 298 Å². The minimum Gasteiger partial charge on any atom is -0.0760 e. The molecule has 5 aliphatic carbocycles. The molecule has 0 N–H and O–H groups in total. The van der Waals surface area contributed by atoms with Crippen LogP contribution in [0.25, 0.3) is 88.3 Å². The quantitative estimate of drug-likeness (QED) is 0.175. The van der Waals surface area contributed by atoms with Gasteiger partial charge in [0, 0.05) is 11.8 Å². The van der Waals surface area contributed by atoms with Crippen LogP contribution in [-0.4, -0.2) is 0 Å². The summed E-state index contributed by atoms with van der Waals surface area (Å²) >= 11 is 0. The molecule has 2 atom stereocenters. The molecule has 0 aromatic heterocycles. The maximum absolute atomic E-state index is 2.50. The van der Waals surface area contributed by atoms with Gasteiger partial charge in [0.25, 0.3) is 0 Å². The molecule has 7 aromatic rings. The Morgan fingerprint density at radius 2 is 1.08 bits per heavy atom. The number of benzene rings is 7. The fraction of sp³-hybridized carbons (Fsp3) is 0.0980. The van der Waals surface area contributed by atoms with Crippen molar-refractivity contribution in [1.82, 2.24) is 0 Å². The van der Waals surface area contributed by atoms with Crippen molar-refractivity contribution in [1.29, 1.82) is 0 Å². The number of fused-ring (bicyclic) bond motifs is 9. The van der Waals surface area contributed by atoms with Gasteiger partial charge < -0.3 is 0 Å². The fourth-order valence-corrected chi connectivity index (χ4v) is 10.7. The number of hydrogen-bond acceptors (Lipinski definition) is 0. The largest absolute Gasteiger partial charge is 0.0760 e. The summed E-state index contributed by atoms with van der Waals surface area (Å²) in [6.45, 7) is 6.88. The third kappa shape index (κ3) is 3.36. The molecule has 0 heterocycles. The Kier molecular flexibility index (Phi) is 5.24. The second-order valence-corrected chi connectivity index (χ2v) is 15.2. The van der Waals surface area contributed by atoms with Gasteiger partial charge in [-0.2, -0.15) is 0 Å². The van der Waals surface area contributed by atoms with Crippen LogP contribution in [0.4, 0.5) is 0 Å². The lowest BCUT2D eigenvalue weighted by atomic mass is 9.72.